The molecular weight excluding hydrogens is 434 g/mol. The Balaban J connectivity index is 1.60. The zero-order chi connectivity index (χ0) is 23.5. The number of aromatic amines is 1. The van der Waals surface area contributed by atoms with Crippen LogP contribution in [0, 0.1) is 13.8 Å². The second-order valence-corrected chi connectivity index (χ2v) is 8.79. The standard InChI is InChI=1S/C25H29N5O2S/c1-5-30(6-2)10-9-26-25(32)23-15(3)22(28-16(23)4)12-20-19-11-17(18-13-27-33-14-18)7-8-21(19)29-24(20)31/h7-8,11-14,28H,5-6,9-10H2,1-4H3,(H,26,32)(H,29,31)/b20-12-. The highest BCUT2D eigenvalue weighted by molar-refractivity contribution is 7.03. The van der Waals surface area contributed by atoms with E-state index < -0.39 is 0 Å². The number of likely N-dealkylation sites (N-methyl/N-ethyl adjacent to an activating group) is 1. The van der Waals surface area contributed by atoms with E-state index in [4.69, 9.17) is 0 Å². The number of aromatic nitrogens is 2. The molecule has 8 heteroatoms. The Hall–Kier alpha value is -3.23. The molecule has 33 heavy (non-hydrogen) atoms. The molecule has 0 fully saturated rings. The first kappa shape index (κ1) is 22.9. The highest BCUT2D eigenvalue weighted by Crippen LogP contribution is 2.37. The Bertz CT molecular complexity index is 1210. The van der Waals surface area contributed by atoms with Gasteiger partial charge in [0.2, 0.25) is 0 Å². The van der Waals surface area contributed by atoms with Crippen LogP contribution in [0.2, 0.25) is 0 Å². The van der Waals surface area contributed by atoms with Gasteiger partial charge in [0.25, 0.3) is 11.8 Å². The van der Waals surface area contributed by atoms with Crippen LogP contribution in [0.1, 0.15) is 46.7 Å². The van der Waals surface area contributed by atoms with Gasteiger partial charge in [-0.2, -0.15) is 0 Å². The van der Waals surface area contributed by atoms with Crippen molar-refractivity contribution >= 4 is 40.7 Å². The number of benzene rings is 1. The number of aryl methyl sites for hydroxylation is 1. The molecule has 0 aliphatic carbocycles. The van der Waals surface area contributed by atoms with Gasteiger partial charge in [0.15, 0.2) is 0 Å². The molecule has 0 saturated heterocycles. The molecule has 1 aliphatic heterocycles. The Morgan fingerprint density at radius 3 is 2.70 bits per heavy atom. The number of nitrogens with one attached hydrogen (secondary N) is 3. The maximum Gasteiger partial charge on any atom is 0.256 e. The van der Waals surface area contributed by atoms with Crippen molar-refractivity contribution in [1.29, 1.82) is 0 Å². The van der Waals surface area contributed by atoms with Crippen molar-refractivity contribution in [2.75, 3.05) is 31.5 Å². The highest BCUT2D eigenvalue weighted by atomic mass is 32.1. The first-order valence-electron chi connectivity index (χ1n) is 11.2. The van der Waals surface area contributed by atoms with Crippen LogP contribution in [0.3, 0.4) is 0 Å². The molecule has 3 heterocycles. The molecule has 3 aromatic rings. The fourth-order valence-electron chi connectivity index (χ4n) is 4.22. The number of carbonyl (C=O) groups excluding carboxylic acids is 2. The van der Waals surface area contributed by atoms with Gasteiger partial charge in [-0.3, -0.25) is 9.59 Å². The van der Waals surface area contributed by atoms with Crippen LogP contribution in [0.15, 0.2) is 29.8 Å². The van der Waals surface area contributed by atoms with E-state index in [0.29, 0.717) is 17.7 Å². The van der Waals surface area contributed by atoms with E-state index in [-0.39, 0.29) is 11.8 Å². The second kappa shape index (κ2) is 9.72. The Morgan fingerprint density at radius 1 is 1.21 bits per heavy atom. The normalized spacial score (nSPS) is 14.1. The third-order valence-electron chi connectivity index (χ3n) is 6.17. The van der Waals surface area contributed by atoms with Crippen LogP contribution in [0.4, 0.5) is 5.69 Å². The molecule has 1 aliphatic rings. The summed E-state index contributed by atoms with van der Waals surface area (Å²) in [7, 11) is 0. The molecule has 3 N–H and O–H groups in total. The minimum Gasteiger partial charge on any atom is -0.358 e. The van der Waals surface area contributed by atoms with E-state index in [2.05, 4.69) is 38.7 Å². The number of H-pyrrole nitrogens is 1. The number of fused-ring (bicyclic) bond motifs is 1. The van der Waals surface area contributed by atoms with Crippen molar-refractivity contribution in [3.05, 3.63) is 57.9 Å². The third-order valence-corrected chi connectivity index (χ3v) is 6.75. The Kier molecular flexibility index (Phi) is 6.76. The number of amides is 2. The smallest absolute Gasteiger partial charge is 0.256 e. The molecule has 0 saturated carbocycles. The van der Waals surface area contributed by atoms with Crippen LogP contribution in [0.25, 0.3) is 22.8 Å². The summed E-state index contributed by atoms with van der Waals surface area (Å²) in [5.41, 5.74) is 7.27. The number of nitrogens with zero attached hydrogens (tertiary/aromatic N) is 2. The maximum absolute atomic E-state index is 12.9. The zero-order valence-corrected chi connectivity index (χ0v) is 20.2. The van der Waals surface area contributed by atoms with Gasteiger partial charge in [-0.25, -0.2) is 4.37 Å². The number of rotatable bonds is 8. The fourth-order valence-corrected chi connectivity index (χ4v) is 4.76. The van der Waals surface area contributed by atoms with E-state index in [1.54, 1.807) is 0 Å². The predicted octanol–water partition coefficient (Wildman–Crippen LogP) is 4.32. The van der Waals surface area contributed by atoms with Crippen LogP contribution in [-0.4, -0.2) is 52.3 Å². The van der Waals surface area contributed by atoms with Crippen molar-refractivity contribution in [3.63, 3.8) is 0 Å². The second-order valence-electron chi connectivity index (χ2n) is 8.13. The quantitative estimate of drug-likeness (QED) is 0.434. The van der Waals surface area contributed by atoms with Gasteiger partial charge in [-0.05, 0) is 67.8 Å². The summed E-state index contributed by atoms with van der Waals surface area (Å²) >= 11 is 1.40. The monoisotopic (exact) mass is 463 g/mol. The molecule has 0 bridgehead atoms. The Labute approximate surface area is 198 Å². The van der Waals surface area contributed by atoms with Crippen molar-refractivity contribution in [2.24, 2.45) is 0 Å². The van der Waals surface area contributed by atoms with Crippen LogP contribution in [0.5, 0.6) is 0 Å². The molecule has 0 spiro atoms. The Morgan fingerprint density at radius 2 is 2.00 bits per heavy atom. The minimum atomic E-state index is -0.150. The van der Waals surface area contributed by atoms with Crippen molar-refractivity contribution in [2.45, 2.75) is 27.7 Å². The third kappa shape index (κ3) is 4.62. The molecule has 7 nitrogen and oxygen atoms in total. The summed E-state index contributed by atoms with van der Waals surface area (Å²) in [5, 5.41) is 7.95. The fraction of sp³-hybridized carbons (Fsp3) is 0.320. The van der Waals surface area contributed by atoms with Crippen molar-refractivity contribution in [3.8, 4) is 11.1 Å². The number of hydrogen-bond donors (Lipinski definition) is 3. The predicted molar refractivity (Wildman–Crippen MR) is 134 cm³/mol. The van der Waals surface area contributed by atoms with Crippen molar-refractivity contribution < 1.29 is 9.59 Å². The first-order valence-corrected chi connectivity index (χ1v) is 12.0. The van der Waals surface area contributed by atoms with E-state index in [0.717, 1.165) is 59.0 Å². The SMILES string of the molecule is CCN(CC)CCNC(=O)c1c(C)[nH]c(/C=C2\C(=O)Nc3ccc(-c4cnsc4)cc32)c1C. The molecule has 0 unspecified atom stereocenters. The van der Waals surface area contributed by atoms with Gasteiger partial charge >= 0.3 is 0 Å². The molecule has 172 valence electrons. The largest absolute Gasteiger partial charge is 0.358 e. The van der Waals surface area contributed by atoms with Gasteiger partial charge in [-0.1, -0.05) is 19.9 Å². The topological polar surface area (TPSA) is 90.1 Å². The van der Waals surface area contributed by atoms with Gasteiger partial charge in [0.1, 0.15) is 0 Å². The number of anilines is 1. The molecular formula is C25H29N5O2S. The minimum absolute atomic E-state index is 0.0958. The average Bonchev–Trinajstić information content (AvgIpc) is 3.50. The van der Waals surface area contributed by atoms with E-state index in [1.807, 2.05) is 49.7 Å². The zero-order valence-electron chi connectivity index (χ0n) is 19.4. The molecule has 1 aromatic carbocycles. The van der Waals surface area contributed by atoms with E-state index in [9.17, 15) is 9.59 Å². The van der Waals surface area contributed by atoms with Gasteiger partial charge in [-0.15, -0.1) is 0 Å². The van der Waals surface area contributed by atoms with E-state index >= 15 is 0 Å². The molecule has 2 amide bonds. The lowest BCUT2D eigenvalue weighted by atomic mass is 10.00. The number of carbonyl (C=O) groups is 2. The van der Waals surface area contributed by atoms with Crippen LogP contribution in [-0.2, 0) is 4.79 Å². The van der Waals surface area contributed by atoms with Gasteiger partial charge in [0, 0.05) is 52.9 Å². The van der Waals surface area contributed by atoms with Crippen molar-refractivity contribution in [1.82, 2.24) is 19.6 Å². The summed E-state index contributed by atoms with van der Waals surface area (Å²) in [6, 6.07) is 5.91. The van der Waals surface area contributed by atoms with Crippen LogP contribution < -0.4 is 10.6 Å². The summed E-state index contributed by atoms with van der Waals surface area (Å²) in [4.78, 5) is 31.2. The summed E-state index contributed by atoms with van der Waals surface area (Å²) in [6.45, 7) is 11.4. The lowest BCUT2D eigenvalue weighted by Gasteiger charge is -2.18. The average molecular weight is 464 g/mol. The van der Waals surface area contributed by atoms with Crippen LogP contribution >= 0.6 is 11.5 Å². The summed E-state index contributed by atoms with van der Waals surface area (Å²) in [6.07, 6.45) is 3.66. The summed E-state index contributed by atoms with van der Waals surface area (Å²) < 4.78 is 4.17. The maximum atomic E-state index is 12.9. The molecule has 0 atom stereocenters. The number of hydrogen-bond acceptors (Lipinski definition) is 5. The highest BCUT2D eigenvalue weighted by Gasteiger charge is 2.26. The van der Waals surface area contributed by atoms with Gasteiger partial charge in [0.05, 0.1) is 11.1 Å². The lowest BCUT2D eigenvalue weighted by Crippen LogP contribution is -2.35. The summed E-state index contributed by atoms with van der Waals surface area (Å²) in [5.74, 6) is -0.246. The van der Waals surface area contributed by atoms with Gasteiger partial charge < -0.3 is 20.5 Å². The first-order chi connectivity index (χ1) is 15.9. The molecule has 2 aromatic heterocycles. The molecule has 0 radical (unpaired) electrons. The molecule has 4 rings (SSSR count). The van der Waals surface area contributed by atoms with E-state index in [1.165, 1.54) is 11.5 Å². The lowest BCUT2D eigenvalue weighted by molar-refractivity contribution is -0.110.